The van der Waals surface area contributed by atoms with E-state index in [0.29, 0.717) is 4.90 Å². The maximum atomic E-state index is 12.6. The van der Waals surface area contributed by atoms with E-state index in [9.17, 15) is 8.42 Å². The van der Waals surface area contributed by atoms with E-state index in [1.54, 1.807) is 13.1 Å². The molecule has 1 aliphatic heterocycles. The predicted octanol–water partition coefficient (Wildman–Crippen LogP) is 2.10. The number of rotatable bonds is 5. The van der Waals surface area contributed by atoms with Crippen LogP contribution in [0.25, 0.3) is 0 Å². The van der Waals surface area contributed by atoms with E-state index in [0.717, 1.165) is 31.5 Å². The molecule has 0 radical (unpaired) electrons. The second-order valence-corrected chi connectivity index (χ2v) is 7.02. The summed E-state index contributed by atoms with van der Waals surface area (Å²) in [6.07, 6.45) is 1.66. The summed E-state index contributed by atoms with van der Waals surface area (Å²) in [4.78, 5) is 0.407. The molecule has 2 rings (SSSR count). The molecule has 0 saturated carbocycles. The molecule has 1 heterocycles. The van der Waals surface area contributed by atoms with E-state index in [4.69, 9.17) is 0 Å². The van der Waals surface area contributed by atoms with Crippen LogP contribution in [-0.4, -0.2) is 25.8 Å². The van der Waals surface area contributed by atoms with Gasteiger partial charge in [-0.3, -0.25) is 0 Å². The molecule has 0 aromatic heterocycles. The first-order chi connectivity index (χ1) is 9.00. The molecule has 19 heavy (non-hydrogen) atoms. The minimum absolute atomic E-state index is 0.0661. The molecule has 0 saturated heterocycles. The first-order valence-corrected chi connectivity index (χ1v) is 8.25. The molecular weight excluding hydrogens is 260 g/mol. The molecular formula is C14H22N2O2S. The van der Waals surface area contributed by atoms with Crippen LogP contribution >= 0.6 is 0 Å². The lowest BCUT2D eigenvalue weighted by Crippen LogP contribution is -2.36. The Morgan fingerprint density at radius 2 is 1.84 bits per heavy atom. The fourth-order valence-corrected chi connectivity index (χ4v) is 4.15. The molecule has 1 aromatic rings. The van der Waals surface area contributed by atoms with Gasteiger partial charge in [0.15, 0.2) is 0 Å². The van der Waals surface area contributed by atoms with E-state index in [1.807, 2.05) is 26.0 Å². The topological polar surface area (TPSA) is 49.4 Å². The zero-order chi connectivity index (χ0) is 14.0. The minimum atomic E-state index is -3.38. The van der Waals surface area contributed by atoms with Gasteiger partial charge in [0, 0.05) is 26.2 Å². The van der Waals surface area contributed by atoms with Crippen molar-refractivity contribution in [3.05, 3.63) is 29.3 Å². The number of nitrogens with zero attached hydrogens (tertiary/aromatic N) is 1. The van der Waals surface area contributed by atoms with Crippen LogP contribution < -0.4 is 5.32 Å². The van der Waals surface area contributed by atoms with Crippen LogP contribution in [0.4, 0.5) is 0 Å². The molecule has 0 aliphatic carbocycles. The van der Waals surface area contributed by atoms with Crippen LogP contribution in [0.1, 0.15) is 37.8 Å². The first kappa shape index (κ1) is 14.5. The highest BCUT2D eigenvalue weighted by atomic mass is 32.2. The quantitative estimate of drug-likeness (QED) is 0.899. The third kappa shape index (κ3) is 2.68. The van der Waals surface area contributed by atoms with Crippen LogP contribution in [-0.2, 0) is 23.1 Å². The second kappa shape index (κ2) is 5.61. The van der Waals surface area contributed by atoms with Crippen molar-refractivity contribution in [3.8, 4) is 0 Å². The summed E-state index contributed by atoms with van der Waals surface area (Å²) in [6.45, 7) is 5.63. The second-order valence-electron chi connectivity index (χ2n) is 5.03. The summed E-state index contributed by atoms with van der Waals surface area (Å²) in [7, 11) is -1.70. The van der Waals surface area contributed by atoms with Crippen LogP contribution in [0.3, 0.4) is 0 Å². The molecule has 0 amide bonds. The van der Waals surface area contributed by atoms with Crippen molar-refractivity contribution < 1.29 is 8.42 Å². The minimum Gasteiger partial charge on any atom is -0.309 e. The average molecular weight is 282 g/mol. The van der Waals surface area contributed by atoms with E-state index in [2.05, 4.69) is 5.32 Å². The van der Waals surface area contributed by atoms with Gasteiger partial charge >= 0.3 is 0 Å². The summed E-state index contributed by atoms with van der Waals surface area (Å²) in [5, 5.41) is 3.23. The van der Waals surface area contributed by atoms with Crippen LogP contribution in [0.2, 0.25) is 0 Å². The molecule has 0 atom stereocenters. The van der Waals surface area contributed by atoms with Gasteiger partial charge in [-0.15, -0.1) is 0 Å². The van der Waals surface area contributed by atoms with E-state index in [1.165, 1.54) is 9.87 Å². The number of benzene rings is 1. The number of hydrogen-bond acceptors (Lipinski definition) is 3. The zero-order valence-corrected chi connectivity index (χ0v) is 12.6. The van der Waals surface area contributed by atoms with Crippen molar-refractivity contribution in [2.45, 2.75) is 50.7 Å². The van der Waals surface area contributed by atoms with Crippen molar-refractivity contribution in [2.75, 3.05) is 7.05 Å². The molecule has 1 aliphatic rings. The smallest absolute Gasteiger partial charge is 0.243 e. The summed E-state index contributed by atoms with van der Waals surface area (Å²) in [5.41, 5.74) is 2.29. The third-order valence-corrected chi connectivity index (χ3v) is 5.85. The van der Waals surface area contributed by atoms with Gasteiger partial charge in [0.2, 0.25) is 10.0 Å². The van der Waals surface area contributed by atoms with Crippen molar-refractivity contribution in [2.24, 2.45) is 0 Å². The van der Waals surface area contributed by atoms with Gasteiger partial charge in [-0.25, -0.2) is 8.42 Å². The highest BCUT2D eigenvalue weighted by molar-refractivity contribution is 7.89. The fourth-order valence-electron chi connectivity index (χ4n) is 2.60. The predicted molar refractivity (Wildman–Crippen MR) is 76.3 cm³/mol. The number of hydrogen-bond donors (Lipinski definition) is 1. The van der Waals surface area contributed by atoms with E-state index in [-0.39, 0.29) is 6.04 Å². The summed E-state index contributed by atoms with van der Waals surface area (Å²) in [6, 6.07) is 5.52. The number of nitrogens with one attached hydrogen (secondary N) is 1. The van der Waals surface area contributed by atoms with Crippen LogP contribution in [0.5, 0.6) is 0 Å². The molecule has 4 nitrogen and oxygen atoms in total. The Hall–Kier alpha value is -0.910. The van der Waals surface area contributed by atoms with Crippen LogP contribution in [0.15, 0.2) is 23.1 Å². The lowest BCUT2D eigenvalue weighted by atomic mass is 10.1. The van der Waals surface area contributed by atoms with Crippen LogP contribution in [0, 0.1) is 0 Å². The standard InChI is InChI=1S/C14H22N2O2S/c1-4-13(5-2)16(3)19(17,18)14-7-6-11-9-15-10-12(11)8-14/h6-8,13,15H,4-5,9-10H2,1-3H3. The van der Waals surface area contributed by atoms with Gasteiger partial charge in [0.1, 0.15) is 0 Å². The maximum Gasteiger partial charge on any atom is 0.243 e. The Labute approximate surface area is 115 Å². The molecule has 5 heteroatoms. The fraction of sp³-hybridized carbons (Fsp3) is 0.571. The molecule has 0 fully saturated rings. The molecule has 106 valence electrons. The van der Waals surface area contributed by atoms with Gasteiger partial charge in [-0.1, -0.05) is 19.9 Å². The third-order valence-electron chi connectivity index (χ3n) is 3.94. The molecule has 0 unspecified atom stereocenters. The summed E-state index contributed by atoms with van der Waals surface area (Å²) < 4.78 is 26.7. The Morgan fingerprint density at radius 3 is 2.47 bits per heavy atom. The van der Waals surface area contributed by atoms with Crippen molar-refractivity contribution in [1.82, 2.24) is 9.62 Å². The van der Waals surface area contributed by atoms with E-state index >= 15 is 0 Å². The SMILES string of the molecule is CCC(CC)N(C)S(=O)(=O)c1ccc2c(c1)CNC2. The van der Waals surface area contributed by atoms with Crippen molar-refractivity contribution in [3.63, 3.8) is 0 Å². The Bertz CT molecular complexity index is 551. The van der Waals surface area contributed by atoms with Gasteiger partial charge < -0.3 is 5.32 Å². The maximum absolute atomic E-state index is 12.6. The van der Waals surface area contributed by atoms with Crippen molar-refractivity contribution >= 4 is 10.0 Å². The van der Waals surface area contributed by atoms with Crippen molar-refractivity contribution in [1.29, 1.82) is 0 Å². The average Bonchev–Trinajstić information content (AvgIpc) is 2.87. The first-order valence-electron chi connectivity index (χ1n) is 6.81. The highest BCUT2D eigenvalue weighted by Crippen LogP contribution is 2.24. The van der Waals surface area contributed by atoms with Gasteiger partial charge in [0.05, 0.1) is 4.90 Å². The van der Waals surface area contributed by atoms with Gasteiger partial charge in [-0.2, -0.15) is 4.31 Å². The number of fused-ring (bicyclic) bond motifs is 1. The van der Waals surface area contributed by atoms with Gasteiger partial charge in [-0.05, 0) is 36.1 Å². The monoisotopic (exact) mass is 282 g/mol. The molecule has 1 aromatic carbocycles. The normalized spacial score (nSPS) is 15.2. The molecule has 1 N–H and O–H groups in total. The van der Waals surface area contributed by atoms with E-state index < -0.39 is 10.0 Å². The molecule has 0 spiro atoms. The highest BCUT2D eigenvalue weighted by Gasteiger charge is 2.27. The Balaban J connectivity index is 2.34. The lowest BCUT2D eigenvalue weighted by molar-refractivity contribution is 0.349. The summed E-state index contributed by atoms with van der Waals surface area (Å²) in [5.74, 6) is 0. The number of sulfonamides is 1. The Kier molecular flexibility index (Phi) is 4.28. The zero-order valence-electron chi connectivity index (χ0n) is 11.8. The largest absolute Gasteiger partial charge is 0.309 e. The summed E-state index contributed by atoms with van der Waals surface area (Å²) >= 11 is 0. The van der Waals surface area contributed by atoms with Gasteiger partial charge in [0.25, 0.3) is 0 Å². The molecule has 0 bridgehead atoms. The lowest BCUT2D eigenvalue weighted by Gasteiger charge is -2.25. The Morgan fingerprint density at radius 1 is 1.21 bits per heavy atom.